The van der Waals surface area contributed by atoms with Gasteiger partial charge in [-0.2, -0.15) is 5.26 Å². The fraction of sp³-hybridized carbons (Fsp3) is 0.406. The number of benzene rings is 2. The molecule has 1 fully saturated rings. The van der Waals surface area contributed by atoms with Gasteiger partial charge in [0.15, 0.2) is 5.78 Å². The lowest BCUT2D eigenvalue weighted by molar-refractivity contribution is -0.130. The predicted molar refractivity (Wildman–Crippen MR) is 140 cm³/mol. The molecule has 36 heavy (non-hydrogen) atoms. The molecule has 184 valence electrons. The molecule has 0 N–H and O–H groups in total. The van der Waals surface area contributed by atoms with Crippen LogP contribution >= 0.6 is 0 Å². The Balaban J connectivity index is 1.48. The molecule has 4 nitrogen and oxygen atoms in total. The Morgan fingerprint density at radius 2 is 1.64 bits per heavy atom. The minimum atomic E-state index is -0.0967. The molecule has 1 saturated carbocycles. The number of allylic oxidation sites excluding steroid dienone is 3. The van der Waals surface area contributed by atoms with Crippen molar-refractivity contribution in [2.24, 2.45) is 23.7 Å². The van der Waals surface area contributed by atoms with Gasteiger partial charge < -0.3 is 4.90 Å². The standard InChI is InChI=1S/C32H34N2O2/c1-22-26(13-8-18-33)28-15-14-25-21-34(20-24-11-6-3-7-12-24)30(35)17-16-27(25)31(28)32(36)29(22)19-23-9-4-2-5-10-23/h2-7,9-12,21,26-28,31H,8,13-17,19-20H2,1H3/t26-,27?,28?,31?/m1/s1. The number of fused-ring (bicyclic) bond motifs is 3. The van der Waals surface area contributed by atoms with Gasteiger partial charge in [-0.25, -0.2) is 0 Å². The lowest BCUT2D eigenvalue weighted by atomic mass is 9.56. The number of nitrogens with zero attached hydrogens (tertiary/aromatic N) is 2. The van der Waals surface area contributed by atoms with E-state index in [9.17, 15) is 14.9 Å². The molecular formula is C32H34N2O2. The third kappa shape index (κ3) is 4.80. The predicted octanol–water partition coefficient (Wildman–Crippen LogP) is 6.40. The molecule has 0 radical (unpaired) electrons. The van der Waals surface area contributed by atoms with Crippen LogP contribution in [0.2, 0.25) is 0 Å². The normalized spacial score (nSPS) is 26.0. The molecule has 3 aliphatic rings. The first-order valence-corrected chi connectivity index (χ1v) is 13.3. The monoisotopic (exact) mass is 478 g/mol. The van der Waals surface area contributed by atoms with E-state index in [1.165, 1.54) is 11.1 Å². The summed E-state index contributed by atoms with van der Waals surface area (Å²) in [5.41, 5.74) is 5.63. The number of amides is 1. The zero-order chi connectivity index (χ0) is 25.1. The molecule has 3 unspecified atom stereocenters. The summed E-state index contributed by atoms with van der Waals surface area (Å²) in [6, 6.07) is 22.7. The van der Waals surface area contributed by atoms with Gasteiger partial charge in [-0.15, -0.1) is 0 Å². The van der Waals surface area contributed by atoms with E-state index < -0.39 is 0 Å². The molecule has 4 atom stereocenters. The van der Waals surface area contributed by atoms with Crippen LogP contribution in [0, 0.1) is 35.0 Å². The molecule has 2 aromatic carbocycles. The summed E-state index contributed by atoms with van der Waals surface area (Å²) in [5, 5.41) is 9.35. The van der Waals surface area contributed by atoms with Crippen molar-refractivity contribution < 1.29 is 9.59 Å². The van der Waals surface area contributed by atoms with Crippen LogP contribution in [0.1, 0.15) is 56.6 Å². The fourth-order valence-corrected chi connectivity index (χ4v) is 6.81. The summed E-state index contributed by atoms with van der Waals surface area (Å²) in [6.07, 6.45) is 7.08. The topological polar surface area (TPSA) is 61.2 Å². The molecule has 0 spiro atoms. The van der Waals surface area contributed by atoms with Crippen LogP contribution < -0.4 is 0 Å². The van der Waals surface area contributed by atoms with Crippen LogP contribution in [0.5, 0.6) is 0 Å². The van der Waals surface area contributed by atoms with E-state index in [2.05, 4.69) is 43.5 Å². The number of carbonyl (C=O) groups excluding carboxylic acids is 2. The van der Waals surface area contributed by atoms with Crippen LogP contribution in [0.4, 0.5) is 0 Å². The highest BCUT2D eigenvalue weighted by molar-refractivity contribution is 6.00. The van der Waals surface area contributed by atoms with Crippen LogP contribution in [-0.2, 0) is 22.6 Å². The van der Waals surface area contributed by atoms with Crippen molar-refractivity contribution in [1.29, 1.82) is 5.26 Å². The van der Waals surface area contributed by atoms with Crippen LogP contribution in [0.25, 0.3) is 0 Å². The van der Waals surface area contributed by atoms with Gasteiger partial charge in [-0.1, -0.05) is 66.2 Å². The van der Waals surface area contributed by atoms with Gasteiger partial charge in [0.2, 0.25) is 5.91 Å². The van der Waals surface area contributed by atoms with E-state index in [1.54, 1.807) is 0 Å². The Kier molecular flexibility index (Phi) is 7.18. The van der Waals surface area contributed by atoms with E-state index in [4.69, 9.17) is 0 Å². The van der Waals surface area contributed by atoms with Gasteiger partial charge in [-0.3, -0.25) is 9.59 Å². The van der Waals surface area contributed by atoms with Crippen molar-refractivity contribution in [2.45, 2.75) is 58.4 Å². The third-order valence-electron chi connectivity index (χ3n) is 8.58. The third-order valence-corrected chi connectivity index (χ3v) is 8.58. The Morgan fingerprint density at radius 3 is 2.33 bits per heavy atom. The molecule has 1 amide bonds. The van der Waals surface area contributed by atoms with Crippen molar-refractivity contribution in [1.82, 2.24) is 4.90 Å². The van der Waals surface area contributed by atoms with E-state index in [0.29, 0.717) is 25.8 Å². The first-order valence-electron chi connectivity index (χ1n) is 13.3. The number of hydrogen-bond donors (Lipinski definition) is 0. The van der Waals surface area contributed by atoms with E-state index >= 15 is 0 Å². The molecule has 1 aliphatic heterocycles. The van der Waals surface area contributed by atoms with Crippen molar-refractivity contribution in [2.75, 3.05) is 0 Å². The maximum absolute atomic E-state index is 14.2. The second kappa shape index (κ2) is 10.7. The molecular weight excluding hydrogens is 444 g/mol. The molecule has 4 heteroatoms. The highest BCUT2D eigenvalue weighted by atomic mass is 16.2. The van der Waals surface area contributed by atoms with Crippen molar-refractivity contribution >= 4 is 11.7 Å². The second-order valence-corrected chi connectivity index (χ2v) is 10.6. The van der Waals surface area contributed by atoms with Crippen molar-refractivity contribution in [3.05, 3.63) is 94.7 Å². The average Bonchev–Trinajstić information content (AvgIpc) is 3.06. The largest absolute Gasteiger partial charge is 0.315 e. The van der Waals surface area contributed by atoms with Gasteiger partial charge in [0, 0.05) is 31.4 Å². The minimum Gasteiger partial charge on any atom is -0.315 e. The molecule has 0 saturated heterocycles. The number of carbonyl (C=O) groups is 2. The Hall–Kier alpha value is -3.45. The summed E-state index contributed by atoms with van der Waals surface area (Å²) in [6.45, 7) is 2.69. The summed E-state index contributed by atoms with van der Waals surface area (Å²) in [5.74, 6) is 0.923. The molecule has 2 aliphatic carbocycles. The minimum absolute atomic E-state index is 0.0967. The maximum Gasteiger partial charge on any atom is 0.226 e. The Labute approximate surface area is 214 Å². The second-order valence-electron chi connectivity index (χ2n) is 10.6. The van der Waals surface area contributed by atoms with Gasteiger partial charge in [0.25, 0.3) is 0 Å². The maximum atomic E-state index is 14.2. The molecule has 0 bridgehead atoms. The Bertz CT molecular complexity index is 1220. The van der Waals surface area contributed by atoms with Crippen LogP contribution in [-0.4, -0.2) is 16.6 Å². The lowest BCUT2D eigenvalue weighted by Gasteiger charge is -2.46. The first-order chi connectivity index (χ1) is 17.6. The van der Waals surface area contributed by atoms with Gasteiger partial charge in [0.05, 0.1) is 12.6 Å². The van der Waals surface area contributed by atoms with Crippen LogP contribution in [0.15, 0.2) is 83.6 Å². The lowest BCUT2D eigenvalue weighted by Crippen LogP contribution is -2.44. The zero-order valence-electron chi connectivity index (χ0n) is 21.0. The van der Waals surface area contributed by atoms with Gasteiger partial charge >= 0.3 is 0 Å². The van der Waals surface area contributed by atoms with Crippen LogP contribution in [0.3, 0.4) is 0 Å². The summed E-state index contributed by atoms with van der Waals surface area (Å²) < 4.78 is 0. The number of hydrogen-bond acceptors (Lipinski definition) is 3. The van der Waals surface area contributed by atoms with Gasteiger partial charge in [-0.05, 0) is 72.6 Å². The van der Waals surface area contributed by atoms with E-state index in [0.717, 1.165) is 42.4 Å². The summed E-state index contributed by atoms with van der Waals surface area (Å²) >= 11 is 0. The number of ketones is 1. The van der Waals surface area contributed by atoms with E-state index in [-0.39, 0.29) is 35.4 Å². The average molecular weight is 479 g/mol. The summed E-state index contributed by atoms with van der Waals surface area (Å²) in [4.78, 5) is 29.2. The number of rotatable bonds is 6. The van der Waals surface area contributed by atoms with Crippen molar-refractivity contribution in [3.63, 3.8) is 0 Å². The zero-order valence-corrected chi connectivity index (χ0v) is 21.0. The van der Waals surface area contributed by atoms with E-state index in [1.807, 2.05) is 41.3 Å². The highest BCUT2D eigenvalue weighted by Crippen LogP contribution is 2.52. The fourth-order valence-electron chi connectivity index (χ4n) is 6.81. The van der Waals surface area contributed by atoms with Gasteiger partial charge in [0.1, 0.15) is 0 Å². The Morgan fingerprint density at radius 1 is 0.944 bits per heavy atom. The quantitative estimate of drug-likeness (QED) is 0.483. The number of Topliss-reactive ketones (excluding diaryl/α,β-unsaturated/α-hetero) is 1. The SMILES string of the molecule is CC1=C(Cc2ccccc2)C(=O)C2C3CCC(=O)N(Cc4ccccc4)C=C3CCC2[C@@H]1CCC#N. The summed E-state index contributed by atoms with van der Waals surface area (Å²) in [7, 11) is 0. The molecule has 0 aromatic heterocycles. The smallest absolute Gasteiger partial charge is 0.226 e. The molecule has 1 heterocycles. The molecule has 2 aromatic rings. The molecule has 5 rings (SSSR count). The first kappa shape index (κ1) is 24.3. The highest BCUT2D eigenvalue weighted by Gasteiger charge is 2.49. The number of nitriles is 1. The van der Waals surface area contributed by atoms with Crippen molar-refractivity contribution in [3.8, 4) is 6.07 Å².